The van der Waals surface area contributed by atoms with Gasteiger partial charge in [-0.2, -0.15) is 5.10 Å². The van der Waals surface area contributed by atoms with Crippen LogP contribution < -0.4 is 5.73 Å². The zero-order chi connectivity index (χ0) is 12.9. The molecule has 0 aliphatic heterocycles. The van der Waals surface area contributed by atoms with Gasteiger partial charge in [-0.05, 0) is 29.5 Å². The molecule has 1 atom stereocenters. The molecule has 1 fully saturated rings. The van der Waals surface area contributed by atoms with Crippen molar-refractivity contribution in [3.05, 3.63) is 35.0 Å². The number of halogens is 1. The molecule has 1 aliphatic rings. The van der Waals surface area contributed by atoms with Gasteiger partial charge in [-0.25, -0.2) is 0 Å². The molecule has 1 unspecified atom stereocenters. The Hall–Kier alpha value is -1.48. The van der Waals surface area contributed by atoms with E-state index < -0.39 is 0 Å². The van der Waals surface area contributed by atoms with Crippen molar-refractivity contribution in [2.24, 2.45) is 5.41 Å². The number of aromatic amines is 1. The van der Waals surface area contributed by atoms with Crippen molar-refractivity contribution in [1.29, 1.82) is 0 Å². The van der Waals surface area contributed by atoms with Crippen LogP contribution in [0.3, 0.4) is 0 Å². The SMILES string of the molecule is CC1(C)CC1c1[nH]nc(N)c1-c1cccc(Cl)c1. The maximum absolute atomic E-state index is 6.05. The summed E-state index contributed by atoms with van der Waals surface area (Å²) in [6.45, 7) is 4.52. The van der Waals surface area contributed by atoms with Crippen molar-refractivity contribution < 1.29 is 0 Å². The summed E-state index contributed by atoms with van der Waals surface area (Å²) in [5.41, 5.74) is 9.51. The number of nitrogens with two attached hydrogens (primary N) is 1. The van der Waals surface area contributed by atoms with E-state index in [-0.39, 0.29) is 0 Å². The lowest BCUT2D eigenvalue weighted by Crippen LogP contribution is -1.94. The van der Waals surface area contributed by atoms with Crippen LogP contribution in [0.15, 0.2) is 24.3 Å². The van der Waals surface area contributed by atoms with Gasteiger partial charge in [0.25, 0.3) is 0 Å². The molecule has 4 heteroatoms. The fourth-order valence-corrected chi connectivity index (χ4v) is 2.72. The Bertz CT molecular complexity index is 601. The second kappa shape index (κ2) is 3.75. The Morgan fingerprint density at radius 3 is 2.78 bits per heavy atom. The van der Waals surface area contributed by atoms with Gasteiger partial charge in [0.15, 0.2) is 5.82 Å². The van der Waals surface area contributed by atoms with Gasteiger partial charge in [0.1, 0.15) is 0 Å². The van der Waals surface area contributed by atoms with E-state index in [1.54, 1.807) is 0 Å². The number of aromatic nitrogens is 2. The maximum atomic E-state index is 6.05. The number of nitrogens with one attached hydrogen (secondary N) is 1. The molecule has 0 spiro atoms. The molecule has 3 nitrogen and oxygen atoms in total. The molecule has 0 radical (unpaired) electrons. The topological polar surface area (TPSA) is 54.7 Å². The minimum Gasteiger partial charge on any atom is -0.382 e. The first-order valence-electron chi connectivity index (χ1n) is 6.09. The van der Waals surface area contributed by atoms with Crippen molar-refractivity contribution in [3.63, 3.8) is 0 Å². The normalized spacial score (nSPS) is 20.9. The number of hydrogen-bond acceptors (Lipinski definition) is 2. The zero-order valence-electron chi connectivity index (χ0n) is 10.5. The van der Waals surface area contributed by atoms with Crippen LogP contribution in [0.5, 0.6) is 0 Å². The first-order valence-corrected chi connectivity index (χ1v) is 6.46. The van der Waals surface area contributed by atoms with Gasteiger partial charge in [0.05, 0.1) is 0 Å². The lowest BCUT2D eigenvalue weighted by molar-refractivity contribution is 0.615. The van der Waals surface area contributed by atoms with E-state index in [9.17, 15) is 0 Å². The highest BCUT2D eigenvalue weighted by atomic mass is 35.5. The van der Waals surface area contributed by atoms with E-state index in [0.717, 1.165) is 16.8 Å². The van der Waals surface area contributed by atoms with Crippen LogP contribution in [-0.2, 0) is 0 Å². The molecule has 2 aromatic rings. The summed E-state index contributed by atoms with van der Waals surface area (Å²) < 4.78 is 0. The quantitative estimate of drug-likeness (QED) is 0.863. The van der Waals surface area contributed by atoms with Gasteiger partial charge in [-0.3, -0.25) is 5.10 Å². The second-order valence-corrected chi connectivity index (χ2v) is 6.09. The third-order valence-corrected chi connectivity index (χ3v) is 4.03. The molecule has 1 aromatic heterocycles. The summed E-state index contributed by atoms with van der Waals surface area (Å²) in [7, 11) is 0. The summed E-state index contributed by atoms with van der Waals surface area (Å²) in [4.78, 5) is 0. The predicted molar refractivity (Wildman–Crippen MR) is 74.6 cm³/mol. The number of hydrogen-bond donors (Lipinski definition) is 2. The minimum atomic E-state index is 0.340. The van der Waals surface area contributed by atoms with Crippen LogP contribution in [0.2, 0.25) is 5.02 Å². The molecule has 0 bridgehead atoms. The van der Waals surface area contributed by atoms with Gasteiger partial charge in [-0.1, -0.05) is 37.6 Å². The van der Waals surface area contributed by atoms with Gasteiger partial charge in [-0.15, -0.1) is 0 Å². The van der Waals surface area contributed by atoms with E-state index in [4.69, 9.17) is 17.3 Å². The third-order valence-electron chi connectivity index (χ3n) is 3.80. The summed E-state index contributed by atoms with van der Waals surface area (Å²) in [6, 6.07) is 7.75. The van der Waals surface area contributed by atoms with Crippen molar-refractivity contribution in [2.75, 3.05) is 5.73 Å². The Morgan fingerprint density at radius 2 is 2.17 bits per heavy atom. The molecule has 94 valence electrons. The van der Waals surface area contributed by atoms with Crippen LogP contribution in [0.1, 0.15) is 31.9 Å². The highest BCUT2D eigenvalue weighted by molar-refractivity contribution is 6.30. The van der Waals surface area contributed by atoms with Crippen LogP contribution in [-0.4, -0.2) is 10.2 Å². The Balaban J connectivity index is 2.09. The monoisotopic (exact) mass is 261 g/mol. The van der Waals surface area contributed by atoms with Gasteiger partial charge >= 0.3 is 0 Å². The number of nitrogens with zero attached hydrogens (tertiary/aromatic N) is 1. The van der Waals surface area contributed by atoms with Crippen LogP contribution in [0.25, 0.3) is 11.1 Å². The smallest absolute Gasteiger partial charge is 0.153 e. The van der Waals surface area contributed by atoms with Crippen molar-refractivity contribution in [1.82, 2.24) is 10.2 Å². The molecule has 1 saturated carbocycles. The number of anilines is 1. The van der Waals surface area contributed by atoms with Gasteiger partial charge in [0.2, 0.25) is 0 Å². The molecular weight excluding hydrogens is 246 g/mol. The van der Waals surface area contributed by atoms with Crippen molar-refractivity contribution in [3.8, 4) is 11.1 Å². The zero-order valence-corrected chi connectivity index (χ0v) is 11.3. The molecule has 3 rings (SSSR count). The van der Waals surface area contributed by atoms with E-state index in [2.05, 4.69) is 24.0 Å². The molecule has 1 heterocycles. The third kappa shape index (κ3) is 1.79. The number of nitrogen functional groups attached to an aromatic ring is 1. The average Bonchev–Trinajstić information content (AvgIpc) is 2.77. The first kappa shape index (κ1) is 11.6. The standard InChI is InChI=1S/C14H16ClN3/c1-14(2)7-10(14)12-11(13(16)18-17-12)8-4-3-5-9(15)6-8/h3-6,10H,7H2,1-2H3,(H3,16,17,18). The Morgan fingerprint density at radius 1 is 1.44 bits per heavy atom. The van der Waals surface area contributed by atoms with Crippen LogP contribution >= 0.6 is 11.6 Å². The molecule has 0 amide bonds. The molecular formula is C14H16ClN3. The van der Waals surface area contributed by atoms with E-state index in [1.165, 1.54) is 6.42 Å². The van der Waals surface area contributed by atoms with E-state index >= 15 is 0 Å². The maximum Gasteiger partial charge on any atom is 0.153 e. The van der Waals surface area contributed by atoms with Crippen molar-refractivity contribution in [2.45, 2.75) is 26.2 Å². The van der Waals surface area contributed by atoms with Crippen LogP contribution in [0.4, 0.5) is 5.82 Å². The summed E-state index contributed by atoms with van der Waals surface area (Å²) in [5.74, 6) is 1.06. The minimum absolute atomic E-state index is 0.340. The number of benzene rings is 1. The summed E-state index contributed by atoms with van der Waals surface area (Å²) >= 11 is 6.05. The highest BCUT2D eigenvalue weighted by Crippen LogP contribution is 2.60. The number of H-pyrrole nitrogens is 1. The van der Waals surface area contributed by atoms with Gasteiger partial charge < -0.3 is 5.73 Å². The first-order chi connectivity index (χ1) is 8.49. The second-order valence-electron chi connectivity index (χ2n) is 5.65. The molecule has 0 saturated heterocycles. The van der Waals surface area contributed by atoms with Gasteiger partial charge in [0, 0.05) is 22.2 Å². The summed E-state index contributed by atoms with van der Waals surface area (Å²) in [6.07, 6.45) is 1.17. The lowest BCUT2D eigenvalue weighted by atomic mass is 9.99. The fraction of sp³-hybridized carbons (Fsp3) is 0.357. The van der Waals surface area contributed by atoms with E-state index in [1.807, 2.05) is 24.3 Å². The number of rotatable bonds is 2. The van der Waals surface area contributed by atoms with E-state index in [0.29, 0.717) is 22.2 Å². The lowest BCUT2D eigenvalue weighted by Gasteiger charge is -2.06. The average molecular weight is 262 g/mol. The van der Waals surface area contributed by atoms with Crippen molar-refractivity contribution >= 4 is 17.4 Å². The Labute approximate surface area is 111 Å². The largest absolute Gasteiger partial charge is 0.382 e. The van der Waals surface area contributed by atoms with Crippen LogP contribution in [0, 0.1) is 5.41 Å². The molecule has 3 N–H and O–H groups in total. The summed E-state index contributed by atoms with van der Waals surface area (Å²) in [5, 5.41) is 7.97. The molecule has 1 aliphatic carbocycles. The fourth-order valence-electron chi connectivity index (χ4n) is 2.53. The predicted octanol–water partition coefficient (Wildman–Crippen LogP) is 3.83. The Kier molecular flexibility index (Phi) is 2.42. The molecule has 1 aromatic carbocycles. The molecule has 18 heavy (non-hydrogen) atoms. The highest BCUT2D eigenvalue weighted by Gasteiger charge is 2.48.